The van der Waals surface area contributed by atoms with Gasteiger partial charge in [0.05, 0.1) is 5.41 Å². The van der Waals surface area contributed by atoms with Gasteiger partial charge in [-0.25, -0.2) is 0 Å². The van der Waals surface area contributed by atoms with E-state index in [0.29, 0.717) is 31.3 Å². The molecule has 0 aromatic carbocycles. The number of hydrogen-bond acceptors (Lipinski definition) is 3. The van der Waals surface area contributed by atoms with Crippen molar-refractivity contribution in [2.24, 2.45) is 17.3 Å². The molecule has 0 aromatic rings. The molecule has 1 heterocycles. The summed E-state index contributed by atoms with van der Waals surface area (Å²) >= 11 is 0. The number of carbonyl (C=O) groups excluding carboxylic acids is 2. The van der Waals surface area contributed by atoms with E-state index < -0.39 is 0 Å². The molecule has 3 N–H and O–H groups in total. The maximum atomic E-state index is 12.7. The maximum Gasteiger partial charge on any atom is 0.227 e. The van der Waals surface area contributed by atoms with Gasteiger partial charge in [0.2, 0.25) is 11.8 Å². The van der Waals surface area contributed by atoms with Gasteiger partial charge in [-0.3, -0.25) is 9.59 Å². The summed E-state index contributed by atoms with van der Waals surface area (Å²) in [6.07, 6.45) is 10.2. The summed E-state index contributed by atoms with van der Waals surface area (Å²) in [6, 6.07) is 0. The molecule has 2 amide bonds. The highest BCUT2D eigenvalue weighted by Gasteiger charge is 2.49. The van der Waals surface area contributed by atoms with Gasteiger partial charge in [0, 0.05) is 26.1 Å². The van der Waals surface area contributed by atoms with E-state index >= 15 is 0 Å². The largest absolute Gasteiger partial charge is 0.354 e. The van der Waals surface area contributed by atoms with Crippen LogP contribution in [-0.2, 0) is 9.59 Å². The summed E-state index contributed by atoms with van der Waals surface area (Å²) in [5.74, 6) is 1.41. The van der Waals surface area contributed by atoms with Crippen LogP contribution in [-0.4, -0.2) is 38.0 Å². The lowest BCUT2D eigenvalue weighted by molar-refractivity contribution is -0.134. The second-order valence-electron chi connectivity index (χ2n) is 7.69. The Morgan fingerprint density at radius 2 is 1.71 bits per heavy atom. The number of rotatable bonds is 6. The summed E-state index contributed by atoms with van der Waals surface area (Å²) in [4.78, 5) is 24.6. The van der Waals surface area contributed by atoms with E-state index in [1.807, 2.05) is 0 Å². The van der Waals surface area contributed by atoms with Gasteiger partial charge < -0.3 is 16.0 Å². The van der Waals surface area contributed by atoms with Crippen LogP contribution in [0.4, 0.5) is 0 Å². The van der Waals surface area contributed by atoms with Crippen molar-refractivity contribution in [2.75, 3.05) is 26.2 Å². The first kappa shape index (κ1) is 19.5. The van der Waals surface area contributed by atoms with Crippen LogP contribution in [0.25, 0.3) is 0 Å². The number of carbonyl (C=O) groups is 2. The molecule has 5 nitrogen and oxygen atoms in total. The molecule has 2 atom stereocenters. The highest BCUT2D eigenvalue weighted by Crippen LogP contribution is 2.43. The van der Waals surface area contributed by atoms with Crippen molar-refractivity contribution in [1.82, 2.24) is 16.0 Å². The van der Waals surface area contributed by atoms with E-state index in [-0.39, 0.29) is 29.6 Å². The van der Waals surface area contributed by atoms with Crippen LogP contribution in [0, 0.1) is 17.3 Å². The fourth-order valence-corrected chi connectivity index (χ4v) is 4.79. The van der Waals surface area contributed by atoms with Gasteiger partial charge in [-0.1, -0.05) is 25.7 Å². The van der Waals surface area contributed by atoms with Crippen molar-refractivity contribution in [1.29, 1.82) is 0 Å². The quantitative estimate of drug-likeness (QED) is 0.637. The van der Waals surface area contributed by atoms with Gasteiger partial charge in [-0.05, 0) is 44.1 Å². The second kappa shape index (κ2) is 9.04. The Morgan fingerprint density at radius 1 is 1.00 bits per heavy atom. The predicted octanol–water partition coefficient (Wildman–Crippen LogP) is 2.00. The summed E-state index contributed by atoms with van der Waals surface area (Å²) in [5.41, 5.74) is -0.188. The fourth-order valence-electron chi connectivity index (χ4n) is 4.79. The van der Waals surface area contributed by atoms with E-state index in [4.69, 9.17) is 0 Å². The zero-order chi connectivity index (χ0) is 16.1. The molecule has 0 radical (unpaired) electrons. The van der Waals surface area contributed by atoms with Gasteiger partial charge in [-0.2, -0.15) is 0 Å². The number of amides is 2. The van der Waals surface area contributed by atoms with Crippen molar-refractivity contribution >= 4 is 24.2 Å². The molecule has 1 saturated heterocycles. The smallest absolute Gasteiger partial charge is 0.227 e. The molecule has 24 heavy (non-hydrogen) atoms. The lowest BCUT2D eigenvalue weighted by atomic mass is 9.67. The SMILES string of the molecule is Cl.O=C(CC1CCCC1)NCCNC(=O)[C@@]12CCCC[C@H]1CNC2. The fraction of sp³-hybridized carbons (Fsp3) is 0.889. The van der Waals surface area contributed by atoms with Crippen LogP contribution in [0.5, 0.6) is 0 Å². The molecule has 1 aliphatic heterocycles. The molecule has 3 fully saturated rings. The normalized spacial score (nSPS) is 29.6. The molecule has 3 rings (SSSR count). The van der Waals surface area contributed by atoms with Gasteiger partial charge in [-0.15, -0.1) is 12.4 Å². The van der Waals surface area contributed by atoms with Gasteiger partial charge in [0.1, 0.15) is 0 Å². The maximum absolute atomic E-state index is 12.7. The summed E-state index contributed by atoms with van der Waals surface area (Å²) < 4.78 is 0. The van der Waals surface area contributed by atoms with E-state index in [9.17, 15) is 9.59 Å². The molecule has 2 saturated carbocycles. The van der Waals surface area contributed by atoms with Crippen molar-refractivity contribution in [3.63, 3.8) is 0 Å². The lowest BCUT2D eigenvalue weighted by Crippen LogP contribution is -2.49. The highest BCUT2D eigenvalue weighted by atomic mass is 35.5. The van der Waals surface area contributed by atoms with Crippen LogP contribution in [0.3, 0.4) is 0 Å². The first-order valence-electron chi connectivity index (χ1n) is 9.46. The first-order valence-corrected chi connectivity index (χ1v) is 9.46. The zero-order valence-corrected chi connectivity index (χ0v) is 15.4. The Labute approximate surface area is 151 Å². The Morgan fingerprint density at radius 3 is 2.50 bits per heavy atom. The second-order valence-corrected chi connectivity index (χ2v) is 7.69. The van der Waals surface area contributed by atoms with Crippen molar-refractivity contribution in [2.45, 2.75) is 57.8 Å². The van der Waals surface area contributed by atoms with E-state index in [2.05, 4.69) is 16.0 Å². The first-order chi connectivity index (χ1) is 11.2. The molecule has 0 aromatic heterocycles. The average molecular weight is 358 g/mol. The van der Waals surface area contributed by atoms with Crippen LogP contribution >= 0.6 is 12.4 Å². The van der Waals surface area contributed by atoms with Crippen molar-refractivity contribution in [3.05, 3.63) is 0 Å². The summed E-state index contributed by atoms with van der Waals surface area (Å²) in [5, 5.41) is 9.43. The van der Waals surface area contributed by atoms with Crippen LogP contribution in [0.1, 0.15) is 57.8 Å². The molecule has 0 unspecified atom stereocenters. The Hall–Kier alpha value is -0.810. The minimum atomic E-state index is -0.188. The van der Waals surface area contributed by atoms with E-state index in [0.717, 1.165) is 25.9 Å². The third-order valence-corrected chi connectivity index (χ3v) is 6.17. The summed E-state index contributed by atoms with van der Waals surface area (Å²) in [6.45, 7) is 2.89. The van der Waals surface area contributed by atoms with Crippen LogP contribution < -0.4 is 16.0 Å². The predicted molar refractivity (Wildman–Crippen MR) is 97.1 cm³/mol. The third-order valence-electron chi connectivity index (χ3n) is 6.17. The van der Waals surface area contributed by atoms with Crippen LogP contribution in [0.15, 0.2) is 0 Å². The minimum absolute atomic E-state index is 0. The minimum Gasteiger partial charge on any atom is -0.354 e. The lowest BCUT2D eigenvalue weighted by Gasteiger charge is -2.37. The molecular weight excluding hydrogens is 326 g/mol. The number of nitrogens with one attached hydrogen (secondary N) is 3. The number of fused-ring (bicyclic) bond motifs is 1. The van der Waals surface area contributed by atoms with Gasteiger partial charge >= 0.3 is 0 Å². The topological polar surface area (TPSA) is 70.2 Å². The molecule has 0 bridgehead atoms. The Kier molecular flexibility index (Phi) is 7.35. The van der Waals surface area contributed by atoms with Gasteiger partial charge in [0.15, 0.2) is 0 Å². The summed E-state index contributed by atoms with van der Waals surface area (Å²) in [7, 11) is 0. The third kappa shape index (κ3) is 4.42. The molecule has 0 spiro atoms. The van der Waals surface area contributed by atoms with E-state index in [1.54, 1.807) is 0 Å². The van der Waals surface area contributed by atoms with Crippen molar-refractivity contribution < 1.29 is 9.59 Å². The average Bonchev–Trinajstić information content (AvgIpc) is 3.20. The molecular formula is C18H32ClN3O2. The number of hydrogen-bond donors (Lipinski definition) is 3. The van der Waals surface area contributed by atoms with Crippen molar-refractivity contribution in [3.8, 4) is 0 Å². The Bertz CT molecular complexity index is 440. The van der Waals surface area contributed by atoms with Crippen LogP contribution in [0.2, 0.25) is 0 Å². The van der Waals surface area contributed by atoms with Gasteiger partial charge in [0.25, 0.3) is 0 Å². The van der Waals surface area contributed by atoms with E-state index in [1.165, 1.54) is 38.5 Å². The standard InChI is InChI=1S/C18H31N3O2.ClH/c22-16(11-14-5-1-2-6-14)20-9-10-21-17(23)18-8-4-3-7-15(18)12-19-13-18;/h14-15,19H,1-13H2,(H,20,22)(H,21,23);1H/t15-,18+;/m0./s1. The molecule has 138 valence electrons. The highest BCUT2D eigenvalue weighted by molar-refractivity contribution is 5.85. The molecule has 6 heteroatoms. The molecule has 2 aliphatic carbocycles. The molecule has 3 aliphatic rings. The number of halogens is 1. The Balaban J connectivity index is 0.00000208. The zero-order valence-electron chi connectivity index (χ0n) is 14.6. The monoisotopic (exact) mass is 357 g/mol.